The van der Waals surface area contributed by atoms with E-state index in [0.717, 1.165) is 38.5 Å². The lowest BCUT2D eigenvalue weighted by Gasteiger charge is -2.20. The Morgan fingerprint density at radius 1 is 0.474 bits per heavy atom. The number of carbonyl (C=O) groups is 2. The standard InChI is InChI=1S/C51H99NO5/c1-3-5-7-9-11-13-15-25-29-33-37-41-45-51(56)57-46-42-38-34-30-26-23-21-19-17-16-18-20-22-24-28-32-36-40-44-50(55)52-48(47-53)49(54)43-39-35-31-27-14-12-10-8-6-4-2/h39,43,48-49,53-54H,3-38,40-42,44-47H2,1-2H3,(H,52,55)/b43-39+. The smallest absolute Gasteiger partial charge is 0.305 e. The van der Waals surface area contributed by atoms with E-state index in [-0.39, 0.29) is 18.5 Å². The van der Waals surface area contributed by atoms with Gasteiger partial charge in [-0.3, -0.25) is 9.59 Å². The van der Waals surface area contributed by atoms with Crippen molar-refractivity contribution in [3.63, 3.8) is 0 Å². The zero-order valence-corrected chi connectivity index (χ0v) is 38.3. The van der Waals surface area contributed by atoms with Gasteiger partial charge in [-0.05, 0) is 32.1 Å². The molecule has 0 spiro atoms. The minimum atomic E-state index is -0.844. The summed E-state index contributed by atoms with van der Waals surface area (Å²) < 4.78 is 5.46. The van der Waals surface area contributed by atoms with Gasteiger partial charge < -0.3 is 20.3 Å². The van der Waals surface area contributed by atoms with E-state index in [1.165, 1.54) is 212 Å². The molecule has 0 saturated carbocycles. The summed E-state index contributed by atoms with van der Waals surface area (Å²) in [7, 11) is 0. The van der Waals surface area contributed by atoms with Crippen molar-refractivity contribution in [2.24, 2.45) is 0 Å². The number of unbranched alkanes of at least 4 members (excludes halogenated alkanes) is 36. The van der Waals surface area contributed by atoms with Crippen LogP contribution in [0.15, 0.2) is 12.2 Å². The predicted octanol–water partition coefficient (Wildman–Crippen LogP) is 15.0. The van der Waals surface area contributed by atoms with Crippen LogP contribution in [-0.4, -0.2) is 47.4 Å². The maximum atomic E-state index is 12.4. The normalized spacial score (nSPS) is 12.7. The molecule has 0 aromatic rings. The van der Waals surface area contributed by atoms with Gasteiger partial charge >= 0.3 is 5.97 Å². The molecule has 0 bridgehead atoms. The first-order chi connectivity index (χ1) is 28.0. The largest absolute Gasteiger partial charge is 0.466 e. The van der Waals surface area contributed by atoms with Gasteiger partial charge in [0.15, 0.2) is 0 Å². The Labute approximate surface area is 355 Å². The van der Waals surface area contributed by atoms with E-state index < -0.39 is 12.1 Å². The highest BCUT2D eigenvalue weighted by molar-refractivity contribution is 5.76. The van der Waals surface area contributed by atoms with Crippen molar-refractivity contribution < 1.29 is 24.5 Å². The zero-order valence-electron chi connectivity index (χ0n) is 38.3. The quantitative estimate of drug-likeness (QED) is 0.0323. The number of aliphatic hydroxyl groups is 2. The topological polar surface area (TPSA) is 95.9 Å². The molecule has 0 fully saturated rings. The molecule has 0 heterocycles. The fraction of sp³-hybridized carbons (Fsp3) is 0.922. The lowest BCUT2D eigenvalue weighted by Crippen LogP contribution is -2.45. The van der Waals surface area contributed by atoms with Crippen LogP contribution < -0.4 is 5.32 Å². The third-order valence-corrected chi connectivity index (χ3v) is 11.8. The molecule has 2 atom stereocenters. The molecule has 6 nitrogen and oxygen atoms in total. The fourth-order valence-electron chi connectivity index (χ4n) is 7.87. The summed E-state index contributed by atoms with van der Waals surface area (Å²) in [5.74, 6) is -0.0666. The van der Waals surface area contributed by atoms with Crippen LogP contribution in [0.2, 0.25) is 0 Å². The van der Waals surface area contributed by atoms with Crippen molar-refractivity contribution in [3.8, 4) is 0 Å². The average molecular weight is 806 g/mol. The first-order valence-corrected chi connectivity index (χ1v) is 25.5. The first kappa shape index (κ1) is 55.6. The molecule has 1 amide bonds. The van der Waals surface area contributed by atoms with Crippen LogP contribution in [0.25, 0.3) is 0 Å². The Balaban J connectivity index is 3.40. The molecule has 3 N–H and O–H groups in total. The van der Waals surface area contributed by atoms with E-state index in [2.05, 4.69) is 19.2 Å². The van der Waals surface area contributed by atoms with Crippen LogP contribution in [0.4, 0.5) is 0 Å². The first-order valence-electron chi connectivity index (χ1n) is 25.5. The monoisotopic (exact) mass is 806 g/mol. The van der Waals surface area contributed by atoms with Crippen LogP contribution in [0, 0.1) is 0 Å². The molecule has 0 aromatic carbocycles. The number of ether oxygens (including phenoxy) is 1. The second-order valence-corrected chi connectivity index (χ2v) is 17.5. The molecule has 2 unspecified atom stereocenters. The van der Waals surface area contributed by atoms with Crippen LogP contribution in [0.3, 0.4) is 0 Å². The van der Waals surface area contributed by atoms with Gasteiger partial charge in [-0.2, -0.15) is 0 Å². The Morgan fingerprint density at radius 3 is 1.19 bits per heavy atom. The Kier molecular flexibility index (Phi) is 46.1. The number of hydrogen-bond donors (Lipinski definition) is 3. The summed E-state index contributed by atoms with van der Waals surface area (Å²) in [6, 6.07) is -0.627. The Morgan fingerprint density at radius 2 is 0.807 bits per heavy atom. The number of carbonyl (C=O) groups excluding carboxylic acids is 2. The summed E-state index contributed by atoms with van der Waals surface area (Å²) in [5, 5.41) is 22.9. The lowest BCUT2D eigenvalue weighted by molar-refractivity contribution is -0.143. The fourth-order valence-corrected chi connectivity index (χ4v) is 7.87. The van der Waals surface area contributed by atoms with Gasteiger partial charge in [-0.25, -0.2) is 0 Å². The molecule has 0 aliphatic carbocycles. The van der Waals surface area contributed by atoms with E-state index in [4.69, 9.17) is 4.74 Å². The molecule has 57 heavy (non-hydrogen) atoms. The van der Waals surface area contributed by atoms with Crippen molar-refractivity contribution in [1.82, 2.24) is 5.32 Å². The molecule has 0 aliphatic rings. The molecule has 0 saturated heterocycles. The SMILES string of the molecule is CCCCCCCCCC/C=C/C(O)C(CO)NC(=O)CCCCCCCCCCCCCCCCCCCCOC(=O)CCCCCCCCCCCCCC. The third-order valence-electron chi connectivity index (χ3n) is 11.8. The number of hydrogen-bond acceptors (Lipinski definition) is 5. The van der Waals surface area contributed by atoms with Crippen LogP contribution in [0.5, 0.6) is 0 Å². The summed E-state index contributed by atoms with van der Waals surface area (Å²) in [6.07, 6.45) is 53.6. The highest BCUT2D eigenvalue weighted by atomic mass is 16.5. The maximum absolute atomic E-state index is 12.4. The van der Waals surface area contributed by atoms with E-state index in [1.54, 1.807) is 6.08 Å². The van der Waals surface area contributed by atoms with Gasteiger partial charge in [0, 0.05) is 12.8 Å². The van der Waals surface area contributed by atoms with Crippen molar-refractivity contribution >= 4 is 11.9 Å². The van der Waals surface area contributed by atoms with Crippen molar-refractivity contribution in [2.45, 2.75) is 289 Å². The van der Waals surface area contributed by atoms with E-state index in [0.29, 0.717) is 19.4 Å². The Bertz CT molecular complexity index is 847. The van der Waals surface area contributed by atoms with Crippen molar-refractivity contribution in [2.75, 3.05) is 13.2 Å². The van der Waals surface area contributed by atoms with Gasteiger partial charge in [0.25, 0.3) is 0 Å². The van der Waals surface area contributed by atoms with E-state index in [9.17, 15) is 19.8 Å². The number of aliphatic hydroxyl groups excluding tert-OH is 2. The predicted molar refractivity (Wildman–Crippen MR) is 246 cm³/mol. The van der Waals surface area contributed by atoms with Gasteiger partial charge in [-0.15, -0.1) is 0 Å². The van der Waals surface area contributed by atoms with Gasteiger partial charge in [0.1, 0.15) is 0 Å². The van der Waals surface area contributed by atoms with Crippen molar-refractivity contribution in [1.29, 1.82) is 0 Å². The summed E-state index contributed by atoms with van der Waals surface area (Å²) in [5.41, 5.74) is 0. The molecule has 0 rings (SSSR count). The second-order valence-electron chi connectivity index (χ2n) is 17.5. The van der Waals surface area contributed by atoms with Crippen LogP contribution >= 0.6 is 0 Å². The van der Waals surface area contributed by atoms with E-state index >= 15 is 0 Å². The Hall–Kier alpha value is -1.40. The van der Waals surface area contributed by atoms with Crippen LogP contribution in [-0.2, 0) is 14.3 Å². The molecule has 0 aromatic heterocycles. The molecule has 338 valence electrons. The second kappa shape index (κ2) is 47.3. The summed E-state index contributed by atoms with van der Waals surface area (Å²) in [6.45, 7) is 4.88. The van der Waals surface area contributed by atoms with Gasteiger partial charge in [-0.1, -0.05) is 244 Å². The molecule has 0 radical (unpaired) electrons. The highest BCUT2D eigenvalue weighted by Gasteiger charge is 2.18. The zero-order chi connectivity index (χ0) is 41.5. The molecular weight excluding hydrogens is 707 g/mol. The number of amides is 1. The number of allylic oxidation sites excluding steroid dienone is 1. The number of esters is 1. The minimum Gasteiger partial charge on any atom is -0.466 e. The lowest BCUT2D eigenvalue weighted by atomic mass is 10.0. The molecule has 6 heteroatoms. The van der Waals surface area contributed by atoms with E-state index in [1.807, 2.05) is 6.08 Å². The molecular formula is C51H99NO5. The average Bonchev–Trinajstić information content (AvgIpc) is 3.21. The number of nitrogens with one attached hydrogen (secondary N) is 1. The van der Waals surface area contributed by atoms with Gasteiger partial charge in [0.2, 0.25) is 5.91 Å². The highest BCUT2D eigenvalue weighted by Crippen LogP contribution is 2.16. The van der Waals surface area contributed by atoms with Gasteiger partial charge in [0.05, 0.1) is 25.4 Å². The van der Waals surface area contributed by atoms with Crippen molar-refractivity contribution in [3.05, 3.63) is 12.2 Å². The summed E-state index contributed by atoms with van der Waals surface area (Å²) >= 11 is 0. The number of rotatable bonds is 47. The minimum absolute atomic E-state index is 0.00690. The molecule has 0 aliphatic heterocycles. The van der Waals surface area contributed by atoms with Crippen LogP contribution in [0.1, 0.15) is 277 Å². The third kappa shape index (κ3) is 44.0. The maximum Gasteiger partial charge on any atom is 0.305 e. The summed E-state index contributed by atoms with van der Waals surface area (Å²) in [4.78, 5) is 24.4.